The summed E-state index contributed by atoms with van der Waals surface area (Å²) in [6.45, 7) is 4.45. The van der Waals surface area contributed by atoms with Crippen molar-refractivity contribution in [2.24, 2.45) is 5.73 Å². The van der Waals surface area contributed by atoms with Crippen molar-refractivity contribution >= 4 is 16.8 Å². The van der Waals surface area contributed by atoms with E-state index < -0.39 is 0 Å². The predicted octanol–water partition coefficient (Wildman–Crippen LogP) is 1.94. The summed E-state index contributed by atoms with van der Waals surface area (Å²) >= 11 is 0. The quantitative estimate of drug-likeness (QED) is 0.765. The molecule has 1 amide bonds. The van der Waals surface area contributed by atoms with Crippen LogP contribution in [-0.2, 0) is 17.9 Å². The second-order valence-electron chi connectivity index (χ2n) is 8.34. The first-order valence-electron chi connectivity index (χ1n) is 10.6. The molecular formula is C22H32N4O2. The number of carbonyl (C=O) groups is 1. The lowest BCUT2D eigenvalue weighted by Crippen LogP contribution is -2.55. The van der Waals surface area contributed by atoms with E-state index in [0.717, 1.165) is 38.1 Å². The monoisotopic (exact) mass is 384 g/mol. The van der Waals surface area contributed by atoms with Crippen molar-refractivity contribution in [2.45, 2.75) is 57.3 Å². The number of para-hydroxylation sites is 1. The Morgan fingerprint density at radius 3 is 2.71 bits per heavy atom. The zero-order valence-electron chi connectivity index (χ0n) is 16.6. The number of aromatic nitrogens is 1. The van der Waals surface area contributed by atoms with Crippen molar-refractivity contribution in [3.8, 4) is 0 Å². The van der Waals surface area contributed by atoms with Gasteiger partial charge >= 0.3 is 0 Å². The zero-order chi connectivity index (χ0) is 19.5. The molecule has 1 atom stereocenters. The second-order valence-corrected chi connectivity index (χ2v) is 8.34. The van der Waals surface area contributed by atoms with Gasteiger partial charge in [0.1, 0.15) is 6.54 Å². The van der Waals surface area contributed by atoms with E-state index in [1.807, 2.05) is 22.8 Å². The number of benzene rings is 1. The second kappa shape index (κ2) is 8.64. The first-order chi connectivity index (χ1) is 13.7. The number of amides is 1. The van der Waals surface area contributed by atoms with Crippen LogP contribution in [0.4, 0.5) is 0 Å². The van der Waals surface area contributed by atoms with Gasteiger partial charge in [-0.05, 0) is 30.9 Å². The maximum Gasteiger partial charge on any atom is 0.237 e. The smallest absolute Gasteiger partial charge is 0.237 e. The van der Waals surface area contributed by atoms with Gasteiger partial charge in [0, 0.05) is 62.0 Å². The summed E-state index contributed by atoms with van der Waals surface area (Å²) in [5, 5.41) is 10.8. The standard InChI is InChI=1S/C22H32N4O2/c23-22(28)16-25-14-17(20-7-3-4-8-21(20)25)13-24-10-11-26(18-5-1-2-6-18)19(15-24)9-12-27/h3-4,7-8,14,18-19,27H,1-2,5-6,9-13,15-16H2,(H2,23,28). The molecule has 6 nitrogen and oxygen atoms in total. The van der Waals surface area contributed by atoms with Crippen LogP contribution in [0.15, 0.2) is 30.5 Å². The molecule has 2 fully saturated rings. The number of aliphatic hydroxyl groups excluding tert-OH is 1. The largest absolute Gasteiger partial charge is 0.396 e. The molecule has 1 aliphatic heterocycles. The molecule has 1 aromatic carbocycles. The lowest BCUT2D eigenvalue weighted by Gasteiger charge is -2.44. The summed E-state index contributed by atoms with van der Waals surface area (Å²) in [5.41, 5.74) is 7.74. The Kier molecular flexibility index (Phi) is 5.99. The minimum absolute atomic E-state index is 0.211. The van der Waals surface area contributed by atoms with E-state index in [0.29, 0.717) is 12.1 Å². The number of carbonyl (C=O) groups excluding carboxylic acids is 1. The molecule has 1 unspecified atom stereocenters. The fourth-order valence-electron chi connectivity index (χ4n) is 5.19. The van der Waals surface area contributed by atoms with Crippen LogP contribution in [0.3, 0.4) is 0 Å². The van der Waals surface area contributed by atoms with Gasteiger partial charge in [0.05, 0.1) is 0 Å². The number of rotatable bonds is 7. The number of nitrogens with two attached hydrogens (primary N) is 1. The van der Waals surface area contributed by atoms with Crippen molar-refractivity contribution in [2.75, 3.05) is 26.2 Å². The van der Waals surface area contributed by atoms with Crippen LogP contribution >= 0.6 is 0 Å². The number of hydrogen-bond donors (Lipinski definition) is 2. The van der Waals surface area contributed by atoms with E-state index >= 15 is 0 Å². The summed E-state index contributed by atoms with van der Waals surface area (Å²) in [4.78, 5) is 16.6. The van der Waals surface area contributed by atoms with Gasteiger partial charge < -0.3 is 15.4 Å². The third kappa shape index (κ3) is 4.09. The van der Waals surface area contributed by atoms with Crippen LogP contribution in [0.5, 0.6) is 0 Å². The first-order valence-corrected chi connectivity index (χ1v) is 10.6. The van der Waals surface area contributed by atoms with Gasteiger partial charge in [0.15, 0.2) is 0 Å². The Morgan fingerprint density at radius 1 is 1.18 bits per heavy atom. The van der Waals surface area contributed by atoms with Crippen LogP contribution in [0.25, 0.3) is 10.9 Å². The average molecular weight is 385 g/mol. The van der Waals surface area contributed by atoms with Crippen LogP contribution in [0.1, 0.15) is 37.7 Å². The van der Waals surface area contributed by atoms with Crippen LogP contribution in [0, 0.1) is 0 Å². The molecule has 1 saturated carbocycles. The molecule has 1 aromatic heterocycles. The Balaban J connectivity index is 1.50. The van der Waals surface area contributed by atoms with E-state index in [2.05, 4.69) is 22.1 Å². The molecule has 1 aliphatic carbocycles. The van der Waals surface area contributed by atoms with Gasteiger partial charge in [0.25, 0.3) is 0 Å². The van der Waals surface area contributed by atoms with Crippen LogP contribution in [-0.4, -0.2) is 63.7 Å². The summed E-state index contributed by atoms with van der Waals surface area (Å²) < 4.78 is 1.97. The van der Waals surface area contributed by atoms with E-state index in [1.165, 1.54) is 36.6 Å². The van der Waals surface area contributed by atoms with Gasteiger partial charge in [0.2, 0.25) is 5.91 Å². The molecule has 0 bridgehead atoms. The van der Waals surface area contributed by atoms with E-state index in [-0.39, 0.29) is 19.1 Å². The molecule has 3 N–H and O–H groups in total. The van der Waals surface area contributed by atoms with Crippen molar-refractivity contribution in [3.63, 3.8) is 0 Å². The molecule has 28 heavy (non-hydrogen) atoms. The van der Waals surface area contributed by atoms with Crippen LogP contribution < -0.4 is 5.73 Å². The maximum atomic E-state index is 11.5. The Morgan fingerprint density at radius 2 is 1.96 bits per heavy atom. The van der Waals surface area contributed by atoms with E-state index in [9.17, 15) is 9.90 Å². The average Bonchev–Trinajstić information content (AvgIpc) is 3.32. The molecule has 2 aromatic rings. The summed E-state index contributed by atoms with van der Waals surface area (Å²) in [6.07, 6.45) is 8.23. The lowest BCUT2D eigenvalue weighted by molar-refractivity contribution is -0.118. The molecule has 0 spiro atoms. The lowest BCUT2D eigenvalue weighted by atomic mass is 10.0. The molecular weight excluding hydrogens is 352 g/mol. The third-order valence-electron chi connectivity index (χ3n) is 6.46. The van der Waals surface area contributed by atoms with Crippen molar-refractivity contribution in [1.29, 1.82) is 0 Å². The van der Waals surface area contributed by atoms with Gasteiger partial charge in [-0.2, -0.15) is 0 Å². The SMILES string of the molecule is NC(=O)Cn1cc(CN2CCN(C3CCCC3)C(CCO)C2)c2ccccc21. The highest BCUT2D eigenvalue weighted by Gasteiger charge is 2.33. The summed E-state index contributed by atoms with van der Waals surface area (Å²) in [6, 6.07) is 9.36. The predicted molar refractivity (Wildman–Crippen MR) is 111 cm³/mol. The number of aliphatic hydroxyl groups is 1. The number of piperazine rings is 1. The van der Waals surface area contributed by atoms with Crippen molar-refractivity contribution in [1.82, 2.24) is 14.4 Å². The molecule has 4 rings (SSSR count). The van der Waals surface area contributed by atoms with Crippen LogP contribution in [0.2, 0.25) is 0 Å². The van der Waals surface area contributed by atoms with Gasteiger partial charge in [-0.1, -0.05) is 31.0 Å². The highest BCUT2D eigenvalue weighted by Crippen LogP contribution is 2.29. The molecule has 2 heterocycles. The Labute approximate surface area is 166 Å². The number of nitrogens with zero attached hydrogens (tertiary/aromatic N) is 3. The minimum atomic E-state index is -0.319. The van der Waals surface area contributed by atoms with Gasteiger partial charge in [-0.15, -0.1) is 0 Å². The first kappa shape index (κ1) is 19.4. The maximum absolute atomic E-state index is 11.5. The number of hydrogen-bond acceptors (Lipinski definition) is 4. The fraction of sp³-hybridized carbons (Fsp3) is 0.591. The third-order valence-corrected chi connectivity index (χ3v) is 6.46. The fourth-order valence-corrected chi connectivity index (χ4v) is 5.19. The Bertz CT molecular complexity index is 812. The minimum Gasteiger partial charge on any atom is -0.396 e. The molecule has 1 saturated heterocycles. The van der Waals surface area contributed by atoms with E-state index in [4.69, 9.17) is 5.73 Å². The molecule has 2 aliphatic rings. The summed E-state index contributed by atoms with van der Waals surface area (Å²) in [7, 11) is 0. The Hall–Kier alpha value is -1.89. The highest BCUT2D eigenvalue weighted by atomic mass is 16.3. The molecule has 152 valence electrons. The summed E-state index contributed by atoms with van der Waals surface area (Å²) in [5.74, 6) is -0.319. The highest BCUT2D eigenvalue weighted by molar-refractivity contribution is 5.85. The number of fused-ring (bicyclic) bond motifs is 1. The van der Waals surface area contributed by atoms with Gasteiger partial charge in [-0.25, -0.2) is 0 Å². The van der Waals surface area contributed by atoms with Crippen molar-refractivity contribution in [3.05, 3.63) is 36.0 Å². The van der Waals surface area contributed by atoms with E-state index in [1.54, 1.807) is 0 Å². The normalized spacial score (nSPS) is 22.2. The van der Waals surface area contributed by atoms with Gasteiger partial charge in [-0.3, -0.25) is 14.6 Å². The molecule has 0 radical (unpaired) electrons. The zero-order valence-corrected chi connectivity index (χ0v) is 16.6. The van der Waals surface area contributed by atoms with Crippen molar-refractivity contribution < 1.29 is 9.90 Å². The molecule has 6 heteroatoms. The topological polar surface area (TPSA) is 74.7 Å². The number of primary amides is 1.